The normalized spacial score (nSPS) is 11.1. The summed E-state index contributed by atoms with van der Waals surface area (Å²) in [5.74, 6) is -0.213. The largest absolute Gasteiger partial charge is 0.457 e. The van der Waals surface area contributed by atoms with Gasteiger partial charge in [-0.15, -0.1) is 0 Å². The summed E-state index contributed by atoms with van der Waals surface area (Å²) in [7, 11) is 0. The zero-order valence-corrected chi connectivity index (χ0v) is 15.0. The summed E-state index contributed by atoms with van der Waals surface area (Å²) in [6.45, 7) is 1.82. The van der Waals surface area contributed by atoms with E-state index in [-0.39, 0.29) is 11.4 Å². The smallest absolute Gasteiger partial charge is 0.266 e. The quantitative estimate of drug-likeness (QED) is 0.473. The van der Waals surface area contributed by atoms with E-state index in [0.29, 0.717) is 27.8 Å². The minimum atomic E-state index is -0.577. The lowest BCUT2D eigenvalue weighted by Crippen LogP contribution is -2.14. The Morgan fingerprint density at radius 2 is 2.04 bits per heavy atom. The van der Waals surface area contributed by atoms with Gasteiger partial charge in [0.25, 0.3) is 5.91 Å². The minimum absolute atomic E-state index is 0.130. The average Bonchev–Trinajstić information content (AvgIpc) is 3.11. The first-order valence-corrected chi connectivity index (χ1v) is 8.39. The van der Waals surface area contributed by atoms with Crippen LogP contribution in [0.4, 0.5) is 10.1 Å². The molecule has 0 radical (unpaired) electrons. The number of rotatable bonds is 4. The van der Waals surface area contributed by atoms with Crippen LogP contribution in [0.2, 0.25) is 5.02 Å². The molecular formula is C21H14ClFN2O2. The summed E-state index contributed by atoms with van der Waals surface area (Å²) in [6, 6.07) is 16.2. The second-order valence-electron chi connectivity index (χ2n) is 5.80. The van der Waals surface area contributed by atoms with Gasteiger partial charge in [0.1, 0.15) is 29.0 Å². The molecule has 0 saturated carbocycles. The molecule has 1 aromatic heterocycles. The molecular weight excluding hydrogens is 367 g/mol. The minimum Gasteiger partial charge on any atom is -0.457 e. The van der Waals surface area contributed by atoms with Crippen molar-refractivity contribution in [3.8, 4) is 17.4 Å². The molecule has 6 heteroatoms. The molecule has 0 bridgehead atoms. The SMILES string of the molecule is Cc1ccc(Cl)cc1NC(=O)/C(C#N)=C\c1ccc(-c2cccc(F)c2)o1. The van der Waals surface area contributed by atoms with E-state index < -0.39 is 5.91 Å². The number of amides is 1. The second kappa shape index (κ2) is 7.90. The Hall–Kier alpha value is -3.36. The molecule has 1 N–H and O–H groups in total. The monoisotopic (exact) mass is 380 g/mol. The molecule has 3 rings (SSSR count). The summed E-state index contributed by atoms with van der Waals surface area (Å²) < 4.78 is 18.9. The van der Waals surface area contributed by atoms with Crippen molar-refractivity contribution < 1.29 is 13.6 Å². The molecule has 0 fully saturated rings. The molecule has 0 saturated heterocycles. The first-order valence-electron chi connectivity index (χ1n) is 8.01. The third-order valence-electron chi connectivity index (χ3n) is 3.84. The molecule has 2 aromatic carbocycles. The van der Waals surface area contributed by atoms with Crippen LogP contribution >= 0.6 is 11.6 Å². The lowest BCUT2D eigenvalue weighted by atomic mass is 10.1. The van der Waals surface area contributed by atoms with Crippen molar-refractivity contribution in [2.75, 3.05) is 5.32 Å². The van der Waals surface area contributed by atoms with Crippen molar-refractivity contribution in [2.45, 2.75) is 6.92 Å². The maximum atomic E-state index is 13.3. The summed E-state index contributed by atoms with van der Waals surface area (Å²) in [5, 5.41) is 12.5. The van der Waals surface area contributed by atoms with Gasteiger partial charge in [0, 0.05) is 22.3 Å². The fraction of sp³-hybridized carbons (Fsp3) is 0.0476. The summed E-state index contributed by atoms with van der Waals surface area (Å²) >= 11 is 5.94. The molecule has 4 nitrogen and oxygen atoms in total. The Labute approximate surface area is 160 Å². The predicted molar refractivity (Wildman–Crippen MR) is 103 cm³/mol. The van der Waals surface area contributed by atoms with E-state index in [1.54, 1.807) is 42.5 Å². The molecule has 0 aliphatic heterocycles. The molecule has 1 amide bonds. The molecule has 0 spiro atoms. The first kappa shape index (κ1) is 18.4. The Morgan fingerprint density at radius 1 is 1.22 bits per heavy atom. The highest BCUT2D eigenvalue weighted by Crippen LogP contribution is 2.25. The topological polar surface area (TPSA) is 66.0 Å². The standard InChI is InChI=1S/C21H14ClFN2O2/c1-13-5-6-16(22)11-19(13)25-21(26)15(12-24)10-18-7-8-20(27-18)14-3-2-4-17(23)9-14/h2-11H,1H3,(H,25,26)/b15-10-. The molecule has 0 aliphatic carbocycles. The highest BCUT2D eigenvalue weighted by Gasteiger charge is 2.13. The molecule has 27 heavy (non-hydrogen) atoms. The first-order chi connectivity index (χ1) is 13.0. The van der Waals surface area contributed by atoms with Crippen molar-refractivity contribution in [3.63, 3.8) is 0 Å². The Bertz CT molecular complexity index is 1080. The summed E-state index contributed by atoms with van der Waals surface area (Å²) in [4.78, 5) is 12.4. The van der Waals surface area contributed by atoms with E-state index in [9.17, 15) is 14.4 Å². The number of hydrogen-bond donors (Lipinski definition) is 1. The number of nitrogens with one attached hydrogen (secondary N) is 1. The van der Waals surface area contributed by atoms with E-state index in [1.807, 2.05) is 13.0 Å². The van der Waals surface area contributed by atoms with Gasteiger partial charge in [-0.05, 0) is 48.9 Å². The van der Waals surface area contributed by atoms with E-state index in [1.165, 1.54) is 18.2 Å². The molecule has 134 valence electrons. The number of hydrogen-bond acceptors (Lipinski definition) is 3. The Kier molecular flexibility index (Phi) is 5.39. The fourth-order valence-corrected chi connectivity index (χ4v) is 2.61. The predicted octanol–water partition coefficient (Wildman–Crippen LogP) is 5.59. The van der Waals surface area contributed by atoms with Gasteiger partial charge in [-0.3, -0.25) is 4.79 Å². The van der Waals surface area contributed by atoms with Crippen molar-refractivity contribution in [3.05, 3.63) is 82.3 Å². The third kappa shape index (κ3) is 4.43. The Balaban J connectivity index is 1.83. The van der Waals surface area contributed by atoms with Crippen LogP contribution in [0.15, 0.2) is 64.6 Å². The fourth-order valence-electron chi connectivity index (χ4n) is 2.44. The zero-order chi connectivity index (χ0) is 19.4. The number of aryl methyl sites for hydroxylation is 1. The van der Waals surface area contributed by atoms with Gasteiger partial charge in [0.15, 0.2) is 0 Å². The summed E-state index contributed by atoms with van der Waals surface area (Å²) in [5.41, 5.74) is 1.77. The number of carbonyl (C=O) groups excluding carboxylic acids is 1. The lowest BCUT2D eigenvalue weighted by molar-refractivity contribution is -0.112. The van der Waals surface area contributed by atoms with Gasteiger partial charge in [0.2, 0.25) is 0 Å². The van der Waals surface area contributed by atoms with Crippen LogP contribution in [0.1, 0.15) is 11.3 Å². The molecule has 0 unspecified atom stereocenters. The van der Waals surface area contributed by atoms with Gasteiger partial charge in [-0.25, -0.2) is 4.39 Å². The molecule has 0 atom stereocenters. The van der Waals surface area contributed by atoms with Gasteiger partial charge in [-0.1, -0.05) is 29.8 Å². The van der Waals surface area contributed by atoms with Crippen LogP contribution in [-0.4, -0.2) is 5.91 Å². The highest BCUT2D eigenvalue weighted by atomic mass is 35.5. The van der Waals surface area contributed by atoms with E-state index in [2.05, 4.69) is 5.32 Å². The second-order valence-corrected chi connectivity index (χ2v) is 6.23. The van der Waals surface area contributed by atoms with Crippen LogP contribution in [0.5, 0.6) is 0 Å². The third-order valence-corrected chi connectivity index (χ3v) is 4.07. The van der Waals surface area contributed by atoms with E-state index in [4.69, 9.17) is 16.0 Å². The maximum absolute atomic E-state index is 13.3. The number of furan rings is 1. The van der Waals surface area contributed by atoms with Crippen LogP contribution < -0.4 is 5.32 Å². The number of carbonyl (C=O) groups is 1. The number of nitriles is 1. The maximum Gasteiger partial charge on any atom is 0.266 e. The number of benzene rings is 2. The van der Waals surface area contributed by atoms with Gasteiger partial charge < -0.3 is 9.73 Å². The van der Waals surface area contributed by atoms with E-state index in [0.717, 1.165) is 5.56 Å². The van der Waals surface area contributed by atoms with Crippen LogP contribution in [0.25, 0.3) is 17.4 Å². The van der Waals surface area contributed by atoms with Crippen molar-refractivity contribution in [1.29, 1.82) is 5.26 Å². The lowest BCUT2D eigenvalue weighted by Gasteiger charge is -2.08. The number of nitrogens with zero attached hydrogens (tertiary/aromatic N) is 1. The zero-order valence-electron chi connectivity index (χ0n) is 14.3. The Morgan fingerprint density at radius 3 is 2.78 bits per heavy atom. The number of halogens is 2. The highest BCUT2D eigenvalue weighted by molar-refractivity contribution is 6.31. The molecule has 3 aromatic rings. The van der Waals surface area contributed by atoms with Gasteiger partial charge >= 0.3 is 0 Å². The van der Waals surface area contributed by atoms with E-state index >= 15 is 0 Å². The van der Waals surface area contributed by atoms with Crippen LogP contribution in [0.3, 0.4) is 0 Å². The molecule has 0 aliphatic rings. The average molecular weight is 381 g/mol. The van der Waals surface area contributed by atoms with Crippen molar-refractivity contribution >= 4 is 29.3 Å². The van der Waals surface area contributed by atoms with Crippen LogP contribution in [0, 0.1) is 24.1 Å². The van der Waals surface area contributed by atoms with Gasteiger partial charge in [-0.2, -0.15) is 5.26 Å². The molecule has 1 heterocycles. The van der Waals surface area contributed by atoms with Crippen molar-refractivity contribution in [1.82, 2.24) is 0 Å². The van der Waals surface area contributed by atoms with Crippen LogP contribution in [-0.2, 0) is 4.79 Å². The number of anilines is 1. The van der Waals surface area contributed by atoms with Gasteiger partial charge in [0.05, 0.1) is 0 Å². The summed E-state index contributed by atoms with van der Waals surface area (Å²) in [6.07, 6.45) is 1.33. The van der Waals surface area contributed by atoms with Crippen molar-refractivity contribution in [2.24, 2.45) is 0 Å².